The fourth-order valence-electron chi connectivity index (χ4n) is 2.04. The Balaban J connectivity index is 2.24. The van der Waals surface area contributed by atoms with Gasteiger partial charge in [-0.1, -0.05) is 11.6 Å². The Kier molecular flexibility index (Phi) is 6.44. The van der Waals surface area contributed by atoms with E-state index in [1.54, 1.807) is 12.1 Å². The summed E-state index contributed by atoms with van der Waals surface area (Å²) in [5.74, 6) is -1.27. The highest BCUT2D eigenvalue weighted by Crippen LogP contribution is 2.37. The normalized spacial score (nSPS) is 15.2. The maximum atomic E-state index is 11.1. The van der Waals surface area contributed by atoms with Crippen LogP contribution in [0.1, 0.15) is 0 Å². The van der Waals surface area contributed by atoms with Crippen LogP contribution >= 0.6 is 27.5 Å². The van der Waals surface area contributed by atoms with E-state index in [9.17, 15) is 15.0 Å². The Hall–Kier alpha value is -1.36. The zero-order valence-electron chi connectivity index (χ0n) is 12.1. The predicted molar refractivity (Wildman–Crippen MR) is 88.1 cm³/mol. The van der Waals surface area contributed by atoms with Gasteiger partial charge in [-0.15, -0.1) is 0 Å². The molecule has 0 spiro atoms. The average Bonchev–Trinajstić information content (AvgIpc) is 2.97. The molecule has 1 heterocycles. The molecule has 2 rings (SSSR count). The molecule has 5 N–H and O–H groups in total. The zero-order chi connectivity index (χ0) is 17.9. The van der Waals surface area contributed by atoms with Crippen molar-refractivity contribution in [3.8, 4) is 5.75 Å². The quantitative estimate of drug-likeness (QED) is 0.401. The number of fused-ring (bicyclic) bond motifs is 1. The number of aromatic nitrogens is 1. The molecule has 24 heavy (non-hydrogen) atoms. The second-order valence-corrected chi connectivity index (χ2v) is 6.04. The lowest BCUT2D eigenvalue weighted by atomic mass is 10.2. The molecule has 0 aliphatic rings. The van der Waals surface area contributed by atoms with Crippen molar-refractivity contribution in [3.63, 3.8) is 0 Å². The number of carboxylic acid groups (broad SMARTS) is 1. The Bertz CT molecular complexity index is 722. The topological polar surface area (TPSA) is 132 Å². The minimum Gasteiger partial charge on any atom is -0.479 e. The molecule has 0 radical (unpaired) electrons. The number of aliphatic carboxylic acids is 1. The standard InChI is InChI=1S/C14H15BrClNO7/c15-6-1-2-7-11(12(6)16)9(3-17-7)23-10(5-19)24-13(14(21)22)8(20)4-18/h1-3,8,10,13,17-20H,4-5H2,(H,21,22)/t8-,10+,13?/m0/s1. The summed E-state index contributed by atoms with van der Waals surface area (Å²) in [6, 6.07) is 3.49. The molecule has 132 valence electrons. The molecule has 0 saturated carbocycles. The minimum absolute atomic E-state index is 0.234. The molecule has 1 unspecified atom stereocenters. The molecule has 0 bridgehead atoms. The van der Waals surface area contributed by atoms with Gasteiger partial charge in [-0.05, 0) is 28.1 Å². The van der Waals surface area contributed by atoms with Gasteiger partial charge in [0.25, 0.3) is 0 Å². The largest absolute Gasteiger partial charge is 0.479 e. The summed E-state index contributed by atoms with van der Waals surface area (Å²) in [5.41, 5.74) is 0.667. The summed E-state index contributed by atoms with van der Waals surface area (Å²) in [5, 5.41) is 37.6. The van der Waals surface area contributed by atoms with E-state index >= 15 is 0 Å². The van der Waals surface area contributed by atoms with Crippen molar-refractivity contribution >= 4 is 44.4 Å². The number of aliphatic hydroxyl groups is 3. The van der Waals surface area contributed by atoms with Crippen LogP contribution in [0.15, 0.2) is 22.8 Å². The first-order valence-electron chi connectivity index (χ1n) is 6.78. The van der Waals surface area contributed by atoms with Crippen LogP contribution in [0.25, 0.3) is 10.9 Å². The number of ether oxygens (including phenoxy) is 2. The summed E-state index contributed by atoms with van der Waals surface area (Å²) in [4.78, 5) is 14.0. The van der Waals surface area contributed by atoms with E-state index in [0.717, 1.165) is 0 Å². The third-order valence-corrected chi connectivity index (χ3v) is 4.47. The number of halogens is 2. The van der Waals surface area contributed by atoms with Crippen LogP contribution in [-0.4, -0.2) is 63.1 Å². The fraction of sp³-hybridized carbons (Fsp3) is 0.357. The fourth-order valence-corrected chi connectivity index (χ4v) is 2.63. The summed E-state index contributed by atoms with van der Waals surface area (Å²) in [6.45, 7) is -1.50. The van der Waals surface area contributed by atoms with Gasteiger partial charge >= 0.3 is 5.97 Å². The molecule has 1 aromatic carbocycles. The highest BCUT2D eigenvalue weighted by Gasteiger charge is 2.31. The van der Waals surface area contributed by atoms with E-state index in [1.807, 2.05) is 0 Å². The lowest BCUT2D eigenvalue weighted by Gasteiger charge is -2.24. The molecule has 10 heteroatoms. The van der Waals surface area contributed by atoms with Gasteiger partial charge in [0.1, 0.15) is 18.5 Å². The average molecular weight is 425 g/mol. The van der Waals surface area contributed by atoms with Crippen molar-refractivity contribution in [3.05, 3.63) is 27.8 Å². The van der Waals surface area contributed by atoms with Crippen LogP contribution in [0.2, 0.25) is 5.02 Å². The first-order valence-corrected chi connectivity index (χ1v) is 7.96. The summed E-state index contributed by atoms with van der Waals surface area (Å²) < 4.78 is 11.1. The second kappa shape index (κ2) is 8.15. The van der Waals surface area contributed by atoms with Crippen LogP contribution in [0.5, 0.6) is 5.75 Å². The number of rotatable bonds is 8. The Morgan fingerprint density at radius 1 is 1.33 bits per heavy atom. The maximum Gasteiger partial charge on any atom is 0.335 e. The highest BCUT2D eigenvalue weighted by molar-refractivity contribution is 9.10. The van der Waals surface area contributed by atoms with Crippen molar-refractivity contribution in [1.82, 2.24) is 4.98 Å². The molecular weight excluding hydrogens is 410 g/mol. The Morgan fingerprint density at radius 3 is 2.62 bits per heavy atom. The number of aromatic amines is 1. The molecule has 0 aliphatic heterocycles. The number of carbonyl (C=O) groups is 1. The number of nitrogens with one attached hydrogen (secondary N) is 1. The monoisotopic (exact) mass is 423 g/mol. The highest BCUT2D eigenvalue weighted by atomic mass is 79.9. The maximum absolute atomic E-state index is 11.1. The van der Waals surface area contributed by atoms with Crippen LogP contribution in [-0.2, 0) is 9.53 Å². The summed E-state index contributed by atoms with van der Waals surface area (Å²) in [7, 11) is 0. The molecule has 1 aromatic heterocycles. The SMILES string of the molecule is O=C(O)C(O[C@H](CO)Oc1c[nH]c2ccc(Br)c(Cl)c12)[C@@H](O)CO. The summed E-state index contributed by atoms with van der Waals surface area (Å²) >= 11 is 9.50. The molecule has 0 amide bonds. The zero-order valence-corrected chi connectivity index (χ0v) is 14.5. The number of benzene rings is 1. The smallest absolute Gasteiger partial charge is 0.335 e. The third-order valence-electron chi connectivity index (χ3n) is 3.19. The van der Waals surface area contributed by atoms with Crippen molar-refractivity contribution in [2.45, 2.75) is 18.5 Å². The minimum atomic E-state index is -1.76. The number of aliphatic hydroxyl groups excluding tert-OH is 3. The number of carboxylic acids is 1. The van der Waals surface area contributed by atoms with Gasteiger partial charge < -0.3 is 34.9 Å². The van der Waals surface area contributed by atoms with E-state index in [4.69, 9.17) is 31.3 Å². The molecule has 0 aliphatic carbocycles. The molecule has 0 saturated heterocycles. The van der Waals surface area contributed by atoms with Gasteiger partial charge in [-0.25, -0.2) is 4.79 Å². The molecule has 2 aromatic rings. The van der Waals surface area contributed by atoms with E-state index in [0.29, 0.717) is 20.4 Å². The summed E-state index contributed by atoms with van der Waals surface area (Å²) in [6.07, 6.45) is -3.34. The second-order valence-electron chi connectivity index (χ2n) is 4.81. The van der Waals surface area contributed by atoms with Gasteiger partial charge in [0.2, 0.25) is 6.29 Å². The first-order chi connectivity index (χ1) is 11.4. The third kappa shape index (κ3) is 4.00. The van der Waals surface area contributed by atoms with Crippen LogP contribution in [0.3, 0.4) is 0 Å². The Labute approximate surface area is 149 Å². The van der Waals surface area contributed by atoms with Crippen molar-refractivity contribution in [1.29, 1.82) is 0 Å². The van der Waals surface area contributed by atoms with Gasteiger partial charge in [0, 0.05) is 10.7 Å². The number of hydrogen-bond donors (Lipinski definition) is 5. The van der Waals surface area contributed by atoms with Gasteiger partial charge in [-0.2, -0.15) is 0 Å². The lowest BCUT2D eigenvalue weighted by Crippen LogP contribution is -2.43. The molecular formula is C14H15BrClNO7. The van der Waals surface area contributed by atoms with E-state index in [-0.39, 0.29) is 5.75 Å². The van der Waals surface area contributed by atoms with Crippen LogP contribution in [0, 0.1) is 0 Å². The van der Waals surface area contributed by atoms with E-state index in [2.05, 4.69) is 20.9 Å². The number of H-pyrrole nitrogens is 1. The van der Waals surface area contributed by atoms with Gasteiger partial charge in [0.05, 0.1) is 22.5 Å². The van der Waals surface area contributed by atoms with Crippen molar-refractivity contribution in [2.24, 2.45) is 0 Å². The van der Waals surface area contributed by atoms with Crippen molar-refractivity contribution in [2.75, 3.05) is 13.2 Å². The van der Waals surface area contributed by atoms with Crippen molar-refractivity contribution < 1.29 is 34.7 Å². The predicted octanol–water partition coefficient (Wildman–Crippen LogP) is 1.10. The van der Waals surface area contributed by atoms with Crippen LogP contribution in [0.4, 0.5) is 0 Å². The lowest BCUT2D eigenvalue weighted by molar-refractivity contribution is -0.193. The van der Waals surface area contributed by atoms with Gasteiger partial charge in [0.15, 0.2) is 6.10 Å². The van der Waals surface area contributed by atoms with E-state index in [1.165, 1.54) is 6.20 Å². The van der Waals surface area contributed by atoms with E-state index < -0.39 is 37.7 Å². The molecule has 3 atom stereocenters. The first kappa shape index (κ1) is 19.0. The molecule has 8 nitrogen and oxygen atoms in total. The van der Waals surface area contributed by atoms with Crippen LogP contribution < -0.4 is 4.74 Å². The Morgan fingerprint density at radius 2 is 2.04 bits per heavy atom. The molecule has 0 fully saturated rings. The number of hydrogen-bond acceptors (Lipinski definition) is 6. The van der Waals surface area contributed by atoms with Gasteiger partial charge in [-0.3, -0.25) is 0 Å².